The van der Waals surface area contributed by atoms with Crippen molar-refractivity contribution in [1.29, 1.82) is 0 Å². The normalized spacial score (nSPS) is 15.2. The highest BCUT2D eigenvalue weighted by atomic mass is 16.3. The van der Waals surface area contributed by atoms with Crippen LogP contribution in [0.3, 0.4) is 0 Å². The quantitative estimate of drug-likeness (QED) is 0.810. The van der Waals surface area contributed by atoms with E-state index in [1.807, 2.05) is 37.5 Å². The molecule has 0 saturated heterocycles. The molecule has 16 heavy (non-hydrogen) atoms. The number of aromatic nitrogens is 2. The Morgan fingerprint density at radius 3 is 2.94 bits per heavy atom. The number of aryl methyl sites for hydroxylation is 1. The van der Waals surface area contributed by atoms with Gasteiger partial charge in [0.25, 0.3) is 0 Å². The lowest BCUT2D eigenvalue weighted by atomic mass is 10.0. The molecule has 4 nitrogen and oxygen atoms in total. The van der Waals surface area contributed by atoms with Gasteiger partial charge in [0.05, 0.1) is 24.0 Å². The first kappa shape index (κ1) is 11.1. The molecule has 0 aliphatic carbocycles. The molecule has 1 atom stereocenters. The third-order valence-corrected chi connectivity index (χ3v) is 2.81. The molecule has 0 saturated carbocycles. The summed E-state index contributed by atoms with van der Waals surface area (Å²) in [6.45, 7) is 2.62. The predicted octanol–water partition coefficient (Wildman–Crippen LogP) is 1.14. The Bertz CT molecular complexity index is 476. The van der Waals surface area contributed by atoms with E-state index in [4.69, 9.17) is 10.8 Å². The van der Waals surface area contributed by atoms with Crippen molar-refractivity contribution in [1.82, 2.24) is 9.55 Å². The van der Waals surface area contributed by atoms with Crippen LogP contribution in [0, 0.1) is 0 Å². The Morgan fingerprint density at radius 1 is 1.44 bits per heavy atom. The number of benzene rings is 1. The predicted molar refractivity (Wildman–Crippen MR) is 64.0 cm³/mol. The van der Waals surface area contributed by atoms with Crippen molar-refractivity contribution < 1.29 is 5.11 Å². The van der Waals surface area contributed by atoms with E-state index >= 15 is 0 Å². The minimum absolute atomic E-state index is 0.000367. The highest BCUT2D eigenvalue weighted by molar-refractivity contribution is 5.74. The van der Waals surface area contributed by atoms with Crippen LogP contribution < -0.4 is 5.73 Å². The zero-order chi connectivity index (χ0) is 11.6. The number of aliphatic hydroxyl groups is 1. The lowest BCUT2D eigenvalue weighted by Crippen LogP contribution is -2.41. The fraction of sp³-hybridized carbons (Fsp3) is 0.417. The zero-order valence-electron chi connectivity index (χ0n) is 9.43. The monoisotopic (exact) mass is 219 g/mol. The van der Waals surface area contributed by atoms with Crippen molar-refractivity contribution in [3.63, 3.8) is 0 Å². The number of hydrogen-bond acceptors (Lipinski definition) is 3. The van der Waals surface area contributed by atoms with Crippen molar-refractivity contribution in [2.24, 2.45) is 5.73 Å². The number of nitrogens with zero attached hydrogens (tertiary/aromatic N) is 2. The van der Waals surface area contributed by atoms with Crippen LogP contribution in [-0.2, 0) is 6.54 Å². The van der Waals surface area contributed by atoms with Gasteiger partial charge in [0, 0.05) is 12.1 Å². The minimum atomic E-state index is -0.522. The molecule has 4 heteroatoms. The Balaban J connectivity index is 2.16. The van der Waals surface area contributed by atoms with Gasteiger partial charge in [0.2, 0.25) is 0 Å². The Kier molecular flexibility index (Phi) is 2.94. The van der Waals surface area contributed by atoms with E-state index in [0.717, 1.165) is 24.0 Å². The molecule has 86 valence electrons. The number of fused-ring (bicyclic) bond motifs is 1. The van der Waals surface area contributed by atoms with E-state index in [0.29, 0.717) is 0 Å². The topological polar surface area (TPSA) is 64.1 Å². The van der Waals surface area contributed by atoms with E-state index in [9.17, 15) is 0 Å². The molecular weight excluding hydrogens is 202 g/mol. The average molecular weight is 219 g/mol. The molecule has 1 aromatic carbocycles. The van der Waals surface area contributed by atoms with Crippen molar-refractivity contribution in [3.8, 4) is 0 Å². The largest absolute Gasteiger partial charge is 0.394 e. The summed E-state index contributed by atoms with van der Waals surface area (Å²) in [5.41, 5.74) is 7.47. The van der Waals surface area contributed by atoms with Crippen molar-refractivity contribution >= 4 is 11.0 Å². The summed E-state index contributed by atoms with van der Waals surface area (Å²) < 4.78 is 2.07. The molecule has 0 fully saturated rings. The van der Waals surface area contributed by atoms with Crippen LogP contribution in [0.15, 0.2) is 30.6 Å². The van der Waals surface area contributed by atoms with Crippen LogP contribution in [0.25, 0.3) is 11.0 Å². The molecule has 3 N–H and O–H groups in total. The van der Waals surface area contributed by atoms with Gasteiger partial charge >= 0.3 is 0 Å². The lowest BCUT2D eigenvalue weighted by Gasteiger charge is -2.21. The second-order valence-electron chi connectivity index (χ2n) is 4.49. The first-order valence-electron chi connectivity index (χ1n) is 5.42. The summed E-state index contributed by atoms with van der Waals surface area (Å²) in [6, 6.07) is 7.99. The van der Waals surface area contributed by atoms with Gasteiger partial charge in [-0.05, 0) is 25.5 Å². The number of nitrogens with two attached hydrogens (primary N) is 1. The standard InChI is InChI=1S/C12H17N3O/c1-12(13,8-16)6-7-15-9-14-10-4-2-3-5-11(10)15/h2-5,9,16H,6-8,13H2,1H3. The molecule has 2 rings (SSSR count). The molecule has 0 spiro atoms. The van der Waals surface area contributed by atoms with E-state index in [2.05, 4.69) is 9.55 Å². The van der Waals surface area contributed by atoms with E-state index in [1.165, 1.54) is 0 Å². The van der Waals surface area contributed by atoms with Gasteiger partial charge in [-0.1, -0.05) is 12.1 Å². The molecule has 0 amide bonds. The van der Waals surface area contributed by atoms with Crippen LogP contribution in [0.1, 0.15) is 13.3 Å². The summed E-state index contributed by atoms with van der Waals surface area (Å²) in [6.07, 6.45) is 2.54. The third-order valence-electron chi connectivity index (χ3n) is 2.81. The van der Waals surface area contributed by atoms with Gasteiger partial charge in [-0.3, -0.25) is 0 Å². The van der Waals surface area contributed by atoms with E-state index in [1.54, 1.807) is 0 Å². The molecule has 1 aromatic heterocycles. The molecule has 1 unspecified atom stereocenters. The first-order chi connectivity index (χ1) is 7.62. The number of para-hydroxylation sites is 2. The van der Waals surface area contributed by atoms with Gasteiger partial charge in [0.1, 0.15) is 0 Å². The van der Waals surface area contributed by atoms with Gasteiger partial charge in [-0.25, -0.2) is 4.98 Å². The van der Waals surface area contributed by atoms with Crippen LogP contribution in [0.2, 0.25) is 0 Å². The molecule has 0 aliphatic heterocycles. The van der Waals surface area contributed by atoms with E-state index < -0.39 is 5.54 Å². The highest BCUT2D eigenvalue weighted by Crippen LogP contribution is 2.14. The Morgan fingerprint density at radius 2 is 2.19 bits per heavy atom. The summed E-state index contributed by atoms with van der Waals surface area (Å²) in [4.78, 5) is 4.30. The highest BCUT2D eigenvalue weighted by Gasteiger charge is 2.16. The maximum absolute atomic E-state index is 9.09. The number of rotatable bonds is 4. The van der Waals surface area contributed by atoms with Crippen LogP contribution in [0.5, 0.6) is 0 Å². The summed E-state index contributed by atoms with van der Waals surface area (Å²) in [7, 11) is 0. The summed E-state index contributed by atoms with van der Waals surface area (Å²) in [5.74, 6) is 0. The third kappa shape index (κ3) is 2.23. The molecule has 1 heterocycles. The Labute approximate surface area is 94.7 Å². The van der Waals surface area contributed by atoms with Gasteiger partial charge in [0.15, 0.2) is 0 Å². The van der Waals surface area contributed by atoms with Crippen molar-refractivity contribution in [3.05, 3.63) is 30.6 Å². The van der Waals surface area contributed by atoms with Gasteiger partial charge in [-0.15, -0.1) is 0 Å². The fourth-order valence-electron chi connectivity index (χ4n) is 1.64. The maximum Gasteiger partial charge on any atom is 0.0958 e. The van der Waals surface area contributed by atoms with Crippen molar-refractivity contribution in [2.75, 3.05) is 6.61 Å². The maximum atomic E-state index is 9.09. The van der Waals surface area contributed by atoms with E-state index in [-0.39, 0.29) is 6.61 Å². The molecule has 0 aliphatic rings. The van der Waals surface area contributed by atoms with Crippen molar-refractivity contribution in [2.45, 2.75) is 25.4 Å². The number of hydrogen-bond donors (Lipinski definition) is 2. The number of imidazole rings is 1. The fourth-order valence-corrected chi connectivity index (χ4v) is 1.64. The summed E-state index contributed by atoms with van der Waals surface area (Å²) in [5, 5.41) is 9.09. The lowest BCUT2D eigenvalue weighted by molar-refractivity contribution is 0.196. The van der Waals surface area contributed by atoms with Gasteiger partial charge in [-0.2, -0.15) is 0 Å². The Hall–Kier alpha value is -1.39. The molecule has 0 radical (unpaired) electrons. The SMILES string of the molecule is CC(N)(CO)CCn1cnc2ccccc21. The molecular formula is C12H17N3O. The zero-order valence-corrected chi connectivity index (χ0v) is 9.43. The minimum Gasteiger partial charge on any atom is -0.394 e. The second-order valence-corrected chi connectivity index (χ2v) is 4.49. The molecule has 2 aromatic rings. The van der Waals surface area contributed by atoms with Crippen LogP contribution in [-0.4, -0.2) is 26.8 Å². The first-order valence-corrected chi connectivity index (χ1v) is 5.42. The number of aliphatic hydroxyl groups excluding tert-OH is 1. The van der Waals surface area contributed by atoms with Crippen LogP contribution in [0.4, 0.5) is 0 Å². The average Bonchev–Trinajstić information content (AvgIpc) is 2.70. The smallest absolute Gasteiger partial charge is 0.0958 e. The molecule has 0 bridgehead atoms. The second kappa shape index (κ2) is 4.23. The van der Waals surface area contributed by atoms with Crippen LogP contribution >= 0.6 is 0 Å². The summed E-state index contributed by atoms with van der Waals surface area (Å²) >= 11 is 0. The van der Waals surface area contributed by atoms with Gasteiger partial charge < -0.3 is 15.4 Å².